The highest BCUT2D eigenvalue weighted by atomic mass is 32.2. The minimum absolute atomic E-state index is 0.490. The third kappa shape index (κ3) is 4.61. The number of nitrogens with zero attached hydrogens (tertiary/aromatic N) is 2. The quantitative estimate of drug-likeness (QED) is 0.176. The molecule has 280 valence electrons. The van der Waals surface area contributed by atoms with E-state index in [0.29, 0.717) is 0 Å². The van der Waals surface area contributed by atoms with Crippen LogP contribution in [-0.4, -0.2) is 4.57 Å². The predicted molar refractivity (Wildman–Crippen MR) is 252 cm³/mol. The van der Waals surface area contributed by atoms with E-state index in [1.165, 1.54) is 92.2 Å². The molecule has 0 bridgehead atoms. The molecule has 0 saturated carbocycles. The highest BCUT2D eigenvalue weighted by molar-refractivity contribution is 7.99. The molecule has 0 N–H and O–H groups in total. The summed E-state index contributed by atoms with van der Waals surface area (Å²) in [6.45, 7) is 0. The average Bonchev–Trinajstić information content (AvgIpc) is 3.64. The summed E-state index contributed by atoms with van der Waals surface area (Å²) < 4.78 is 2.46. The summed E-state index contributed by atoms with van der Waals surface area (Å²) in [5, 5.41) is 7.57. The zero-order chi connectivity index (χ0) is 39.4. The lowest BCUT2D eigenvalue weighted by atomic mass is 9.59. The zero-order valence-electron chi connectivity index (χ0n) is 32.6. The molecule has 1 unspecified atom stereocenters. The van der Waals surface area contributed by atoms with Crippen molar-refractivity contribution in [2.45, 2.75) is 15.2 Å². The van der Waals surface area contributed by atoms with Crippen LogP contribution in [0.3, 0.4) is 0 Å². The third-order valence-corrected chi connectivity index (χ3v) is 14.1. The summed E-state index contributed by atoms with van der Waals surface area (Å²) >= 11 is 1.89. The van der Waals surface area contributed by atoms with Crippen LogP contribution in [0.5, 0.6) is 0 Å². The van der Waals surface area contributed by atoms with E-state index in [1.54, 1.807) is 0 Å². The van der Waals surface area contributed by atoms with Crippen molar-refractivity contribution in [1.82, 2.24) is 4.57 Å². The van der Waals surface area contributed by atoms with Crippen molar-refractivity contribution < 1.29 is 0 Å². The minimum atomic E-state index is -0.490. The van der Waals surface area contributed by atoms with Gasteiger partial charge in [-0.25, -0.2) is 0 Å². The molecule has 13 rings (SSSR count). The van der Waals surface area contributed by atoms with Crippen LogP contribution in [-0.2, 0) is 5.41 Å². The Kier molecular flexibility index (Phi) is 7.19. The number of benzene rings is 10. The van der Waals surface area contributed by atoms with E-state index < -0.39 is 5.41 Å². The lowest BCUT2D eigenvalue weighted by Crippen LogP contribution is -2.36. The van der Waals surface area contributed by atoms with Crippen molar-refractivity contribution >= 4 is 72.2 Å². The average molecular weight is 781 g/mol. The largest absolute Gasteiger partial charge is 0.310 e. The van der Waals surface area contributed by atoms with Crippen LogP contribution in [0.15, 0.2) is 228 Å². The molecule has 11 aromatic rings. The lowest BCUT2D eigenvalue weighted by Gasteiger charge is -2.46. The molecule has 2 aliphatic rings. The van der Waals surface area contributed by atoms with Gasteiger partial charge >= 0.3 is 0 Å². The van der Waals surface area contributed by atoms with E-state index in [0.717, 1.165) is 17.1 Å². The fourth-order valence-electron chi connectivity index (χ4n) is 10.6. The third-order valence-electron chi connectivity index (χ3n) is 13.0. The van der Waals surface area contributed by atoms with Crippen molar-refractivity contribution in [3.63, 3.8) is 0 Å². The Balaban J connectivity index is 1.07. The molecule has 0 amide bonds. The molecule has 3 heteroatoms. The van der Waals surface area contributed by atoms with Crippen molar-refractivity contribution in [3.8, 4) is 16.8 Å². The summed E-state index contributed by atoms with van der Waals surface area (Å²) in [4.78, 5) is 4.99. The Hall–Kier alpha value is -7.33. The normalized spacial score (nSPS) is 15.0. The van der Waals surface area contributed by atoms with Crippen LogP contribution < -0.4 is 4.90 Å². The van der Waals surface area contributed by atoms with Crippen LogP contribution in [0.2, 0.25) is 0 Å². The molecule has 60 heavy (non-hydrogen) atoms. The fourth-order valence-corrected chi connectivity index (χ4v) is 11.8. The first kappa shape index (κ1) is 33.6. The van der Waals surface area contributed by atoms with Crippen molar-refractivity contribution in [1.29, 1.82) is 0 Å². The van der Waals surface area contributed by atoms with Gasteiger partial charge in [0, 0.05) is 43.0 Å². The number of hydrogen-bond donors (Lipinski definition) is 0. The summed E-state index contributed by atoms with van der Waals surface area (Å²) in [6, 6.07) is 81.1. The summed E-state index contributed by atoms with van der Waals surface area (Å²) in [5.74, 6) is 0. The van der Waals surface area contributed by atoms with Crippen LogP contribution in [0.1, 0.15) is 22.3 Å². The molecule has 0 fully saturated rings. The Morgan fingerprint density at radius 1 is 0.367 bits per heavy atom. The van der Waals surface area contributed by atoms with Gasteiger partial charge in [-0.2, -0.15) is 0 Å². The maximum atomic E-state index is 2.46. The molecule has 1 atom stereocenters. The van der Waals surface area contributed by atoms with Crippen molar-refractivity contribution in [2.75, 3.05) is 4.90 Å². The molecule has 1 aliphatic carbocycles. The second kappa shape index (κ2) is 12.8. The fraction of sp³-hybridized carbons (Fsp3) is 0.0175. The summed E-state index contributed by atoms with van der Waals surface area (Å²) in [7, 11) is 0. The molecular weight excluding hydrogens is 745 g/mol. The van der Waals surface area contributed by atoms with Gasteiger partial charge in [-0.05, 0) is 104 Å². The number of hydrogen-bond acceptors (Lipinski definition) is 2. The first-order valence-electron chi connectivity index (χ1n) is 20.7. The maximum absolute atomic E-state index is 2.46. The predicted octanol–water partition coefficient (Wildman–Crippen LogP) is 15.4. The van der Waals surface area contributed by atoms with Crippen LogP contribution >= 0.6 is 11.8 Å². The molecule has 2 heterocycles. The monoisotopic (exact) mass is 780 g/mol. The van der Waals surface area contributed by atoms with Crippen molar-refractivity contribution in [3.05, 3.63) is 241 Å². The molecule has 0 saturated heterocycles. The van der Waals surface area contributed by atoms with E-state index in [9.17, 15) is 0 Å². The second-order valence-corrected chi connectivity index (χ2v) is 17.1. The summed E-state index contributed by atoms with van der Waals surface area (Å²) in [6.07, 6.45) is 0. The topological polar surface area (TPSA) is 8.17 Å². The van der Waals surface area contributed by atoms with Gasteiger partial charge in [0.1, 0.15) is 0 Å². The van der Waals surface area contributed by atoms with Gasteiger partial charge < -0.3 is 9.47 Å². The number of aromatic nitrogens is 1. The zero-order valence-corrected chi connectivity index (χ0v) is 33.4. The number of rotatable bonds is 4. The van der Waals surface area contributed by atoms with Gasteiger partial charge in [0.2, 0.25) is 0 Å². The van der Waals surface area contributed by atoms with Crippen LogP contribution in [0, 0.1) is 0 Å². The Morgan fingerprint density at radius 3 is 1.90 bits per heavy atom. The number of anilines is 3. The molecule has 0 radical (unpaired) electrons. The lowest BCUT2D eigenvalue weighted by molar-refractivity contribution is 0.707. The molecule has 1 spiro atoms. The first-order valence-corrected chi connectivity index (χ1v) is 21.5. The number of para-hydroxylation sites is 2. The van der Waals surface area contributed by atoms with Gasteiger partial charge in [-0.15, -0.1) is 0 Å². The molecule has 10 aromatic carbocycles. The molecule has 1 aromatic heterocycles. The Labute approximate surface area is 352 Å². The highest BCUT2D eigenvalue weighted by Crippen LogP contribution is 2.61. The molecule has 2 nitrogen and oxygen atoms in total. The van der Waals surface area contributed by atoms with Gasteiger partial charge in [-0.1, -0.05) is 176 Å². The Bertz CT molecular complexity index is 3540. The first-order chi connectivity index (χ1) is 29.8. The van der Waals surface area contributed by atoms with E-state index >= 15 is 0 Å². The van der Waals surface area contributed by atoms with Crippen LogP contribution in [0.4, 0.5) is 17.1 Å². The SMILES string of the molecule is c1ccc(N(c2ccc3c(c2)Sc2ccccc2C32c3ccccc3-c3cccc4cccc2c34)c2ccc3c4ccccc4n(-c4cccc5ccccc45)c3c2)cc1. The van der Waals surface area contributed by atoms with Gasteiger partial charge in [0.25, 0.3) is 0 Å². The van der Waals surface area contributed by atoms with Gasteiger partial charge in [0.05, 0.1) is 22.1 Å². The smallest absolute Gasteiger partial charge is 0.0735 e. The Morgan fingerprint density at radius 2 is 0.983 bits per heavy atom. The molecular formula is C57H36N2S. The van der Waals surface area contributed by atoms with Gasteiger partial charge in [-0.3, -0.25) is 0 Å². The highest BCUT2D eigenvalue weighted by Gasteiger charge is 2.48. The minimum Gasteiger partial charge on any atom is -0.310 e. The summed E-state index contributed by atoms with van der Waals surface area (Å²) in [5.41, 5.74) is 14.4. The standard InChI is InChI=1S/C57H36N2S/c1-2-19-39(20-3-1)58(40-31-33-45-44-23-7-10-28-52(44)59(53(45)35-40)51-29-14-16-37-15-4-5-21-42(37)51)41-32-34-49-55(36-41)60-54-30-11-9-26-48(54)57(49)47-25-8-6-22-43(47)46-24-12-17-38-18-13-27-50(57)56(38)46/h1-36H. The van der Waals surface area contributed by atoms with Crippen LogP contribution in [0.25, 0.3) is 60.2 Å². The maximum Gasteiger partial charge on any atom is 0.0735 e. The van der Waals surface area contributed by atoms with E-state index in [-0.39, 0.29) is 0 Å². The second-order valence-electron chi connectivity index (χ2n) is 16.0. The van der Waals surface area contributed by atoms with Crippen molar-refractivity contribution in [2.24, 2.45) is 0 Å². The van der Waals surface area contributed by atoms with E-state index in [4.69, 9.17) is 0 Å². The van der Waals surface area contributed by atoms with Gasteiger partial charge in [0.15, 0.2) is 0 Å². The molecule has 1 aliphatic heterocycles. The van der Waals surface area contributed by atoms with E-state index in [2.05, 4.69) is 228 Å². The number of fused-ring (bicyclic) bond motifs is 12. The van der Waals surface area contributed by atoms with E-state index in [1.807, 2.05) is 11.8 Å².